The Morgan fingerprint density at radius 3 is 2.00 bits per heavy atom. The van der Waals surface area contributed by atoms with Gasteiger partial charge < -0.3 is 5.11 Å². The van der Waals surface area contributed by atoms with Gasteiger partial charge in [-0.2, -0.15) is 0 Å². The van der Waals surface area contributed by atoms with Crippen LogP contribution in [0, 0.1) is 0 Å². The zero-order chi connectivity index (χ0) is 14.8. The average molecular weight is 284 g/mol. The molecule has 1 aromatic rings. The number of ketones is 1. The lowest BCUT2D eigenvalue weighted by molar-refractivity contribution is -0.139. The standard InChI is InChI=1S/C13H16O5S/c1-4-11(14)9-5-7-10(8-6-9)19(17,18)13(2,3)12(15)16/h5-8H,4H2,1-3H3,(H,15,16). The maximum absolute atomic E-state index is 12.2. The van der Waals surface area contributed by atoms with Crippen molar-refractivity contribution in [2.45, 2.75) is 36.8 Å². The lowest BCUT2D eigenvalue weighted by Gasteiger charge is -2.19. The van der Waals surface area contributed by atoms with Gasteiger partial charge in [-0.25, -0.2) is 8.42 Å². The summed E-state index contributed by atoms with van der Waals surface area (Å²) in [6, 6.07) is 5.33. The van der Waals surface area contributed by atoms with E-state index in [1.54, 1.807) is 6.92 Å². The van der Waals surface area contributed by atoms with E-state index < -0.39 is 20.6 Å². The highest BCUT2D eigenvalue weighted by molar-refractivity contribution is 7.93. The third kappa shape index (κ3) is 2.68. The predicted molar refractivity (Wildman–Crippen MR) is 70.0 cm³/mol. The summed E-state index contributed by atoms with van der Waals surface area (Å²) in [4.78, 5) is 22.4. The smallest absolute Gasteiger partial charge is 0.324 e. The molecule has 5 nitrogen and oxygen atoms in total. The van der Waals surface area contributed by atoms with Crippen LogP contribution in [0.15, 0.2) is 29.2 Å². The second-order valence-electron chi connectivity index (χ2n) is 4.62. The summed E-state index contributed by atoms with van der Waals surface area (Å²) in [7, 11) is -4.00. The van der Waals surface area contributed by atoms with Crippen molar-refractivity contribution in [2.75, 3.05) is 0 Å². The second kappa shape index (κ2) is 5.13. The molecular formula is C13H16O5S. The summed E-state index contributed by atoms with van der Waals surface area (Å²) in [5.74, 6) is -1.51. The minimum Gasteiger partial charge on any atom is -0.480 e. The average Bonchev–Trinajstić information content (AvgIpc) is 2.37. The van der Waals surface area contributed by atoms with Crippen molar-refractivity contribution in [3.05, 3.63) is 29.8 Å². The minimum absolute atomic E-state index is 0.0959. The SMILES string of the molecule is CCC(=O)c1ccc(S(=O)(=O)C(C)(C)C(=O)O)cc1. The lowest BCUT2D eigenvalue weighted by Crippen LogP contribution is -2.40. The monoisotopic (exact) mass is 284 g/mol. The van der Waals surface area contributed by atoms with Crippen molar-refractivity contribution in [1.29, 1.82) is 0 Å². The van der Waals surface area contributed by atoms with Crippen LogP contribution in [0.25, 0.3) is 0 Å². The predicted octanol–water partition coefficient (Wildman–Crippen LogP) is 1.92. The van der Waals surface area contributed by atoms with Crippen LogP contribution in [0.2, 0.25) is 0 Å². The van der Waals surface area contributed by atoms with Crippen molar-refractivity contribution in [3.63, 3.8) is 0 Å². The molecule has 0 heterocycles. The van der Waals surface area contributed by atoms with E-state index in [2.05, 4.69) is 0 Å². The van der Waals surface area contributed by atoms with Gasteiger partial charge in [0.15, 0.2) is 20.4 Å². The first kappa shape index (κ1) is 15.4. The first-order valence-electron chi connectivity index (χ1n) is 5.76. The lowest BCUT2D eigenvalue weighted by atomic mass is 10.1. The Kier molecular flexibility index (Phi) is 4.15. The Balaban J connectivity index is 3.25. The Morgan fingerprint density at radius 2 is 1.63 bits per heavy atom. The Bertz CT molecular complexity index is 596. The number of carboxylic acid groups (broad SMARTS) is 1. The second-order valence-corrected chi connectivity index (χ2v) is 7.12. The molecule has 1 aromatic carbocycles. The number of carboxylic acids is 1. The van der Waals surface area contributed by atoms with Gasteiger partial charge in [0, 0.05) is 12.0 Å². The highest BCUT2D eigenvalue weighted by Crippen LogP contribution is 2.26. The molecule has 0 aliphatic carbocycles. The Labute approximate surface area is 112 Å². The van der Waals surface area contributed by atoms with Gasteiger partial charge in [0.05, 0.1) is 4.90 Å². The molecule has 0 atom stereocenters. The fourth-order valence-electron chi connectivity index (χ4n) is 1.43. The quantitative estimate of drug-likeness (QED) is 0.834. The van der Waals surface area contributed by atoms with E-state index in [1.165, 1.54) is 24.3 Å². The number of hydrogen-bond acceptors (Lipinski definition) is 4. The summed E-state index contributed by atoms with van der Waals surface area (Å²) in [6.07, 6.45) is 0.326. The first-order valence-corrected chi connectivity index (χ1v) is 7.24. The maximum atomic E-state index is 12.2. The van der Waals surface area contributed by atoms with Crippen LogP contribution in [-0.2, 0) is 14.6 Å². The fraction of sp³-hybridized carbons (Fsp3) is 0.385. The molecule has 0 unspecified atom stereocenters. The number of aliphatic carboxylic acids is 1. The molecule has 0 saturated carbocycles. The van der Waals surface area contributed by atoms with Gasteiger partial charge in [-0.1, -0.05) is 19.1 Å². The summed E-state index contributed by atoms with van der Waals surface area (Å²) in [5, 5.41) is 8.99. The topological polar surface area (TPSA) is 88.5 Å². The number of Topliss-reactive ketones (excluding diaryl/α,β-unsaturated/α-hetero) is 1. The van der Waals surface area contributed by atoms with Crippen molar-refractivity contribution >= 4 is 21.6 Å². The zero-order valence-corrected chi connectivity index (χ0v) is 11.8. The van der Waals surface area contributed by atoms with Gasteiger partial charge in [-0.05, 0) is 26.0 Å². The van der Waals surface area contributed by atoms with Crippen LogP contribution in [0.4, 0.5) is 0 Å². The van der Waals surface area contributed by atoms with E-state index in [4.69, 9.17) is 5.11 Å². The minimum atomic E-state index is -4.00. The molecule has 1 N–H and O–H groups in total. The fourth-order valence-corrected chi connectivity index (χ4v) is 2.75. The van der Waals surface area contributed by atoms with Crippen molar-refractivity contribution in [3.8, 4) is 0 Å². The summed E-state index contributed by atoms with van der Waals surface area (Å²) in [5.41, 5.74) is 0.412. The number of carbonyl (C=O) groups is 2. The van der Waals surface area contributed by atoms with Gasteiger partial charge in [0.2, 0.25) is 0 Å². The largest absolute Gasteiger partial charge is 0.480 e. The van der Waals surface area contributed by atoms with Crippen LogP contribution >= 0.6 is 0 Å². The van der Waals surface area contributed by atoms with Gasteiger partial charge in [-0.3, -0.25) is 9.59 Å². The molecule has 19 heavy (non-hydrogen) atoms. The molecule has 0 saturated heterocycles. The van der Waals surface area contributed by atoms with Crippen molar-refractivity contribution in [2.24, 2.45) is 0 Å². The molecule has 0 aromatic heterocycles. The van der Waals surface area contributed by atoms with Crippen molar-refractivity contribution < 1.29 is 23.1 Å². The number of hydrogen-bond donors (Lipinski definition) is 1. The van der Waals surface area contributed by atoms with Gasteiger partial charge in [0.1, 0.15) is 0 Å². The zero-order valence-electron chi connectivity index (χ0n) is 11.0. The number of carbonyl (C=O) groups excluding carboxylic acids is 1. The van der Waals surface area contributed by atoms with E-state index in [0.29, 0.717) is 12.0 Å². The van der Waals surface area contributed by atoms with Crippen LogP contribution < -0.4 is 0 Å². The molecule has 1 rings (SSSR count). The van der Waals surface area contributed by atoms with E-state index in [0.717, 1.165) is 13.8 Å². The molecule has 104 valence electrons. The number of rotatable bonds is 5. The van der Waals surface area contributed by atoms with Crippen molar-refractivity contribution in [1.82, 2.24) is 0 Å². The van der Waals surface area contributed by atoms with E-state index in [9.17, 15) is 18.0 Å². The maximum Gasteiger partial charge on any atom is 0.324 e. The summed E-state index contributed by atoms with van der Waals surface area (Å²) in [6.45, 7) is 3.98. The summed E-state index contributed by atoms with van der Waals surface area (Å²) < 4.78 is 22.4. The molecule has 0 aliphatic rings. The molecular weight excluding hydrogens is 268 g/mol. The third-order valence-electron chi connectivity index (χ3n) is 2.99. The molecule has 6 heteroatoms. The molecule has 0 aliphatic heterocycles. The number of benzene rings is 1. The highest BCUT2D eigenvalue weighted by Gasteiger charge is 2.42. The third-order valence-corrected chi connectivity index (χ3v) is 5.41. The van der Waals surface area contributed by atoms with Crippen LogP contribution in [0.5, 0.6) is 0 Å². The van der Waals surface area contributed by atoms with E-state index in [1.807, 2.05) is 0 Å². The van der Waals surface area contributed by atoms with Crippen LogP contribution in [0.1, 0.15) is 37.6 Å². The van der Waals surface area contributed by atoms with Gasteiger partial charge in [-0.15, -0.1) is 0 Å². The van der Waals surface area contributed by atoms with E-state index in [-0.39, 0.29) is 10.7 Å². The van der Waals surface area contributed by atoms with Gasteiger partial charge in [0.25, 0.3) is 0 Å². The normalized spacial score (nSPS) is 12.2. The Hall–Kier alpha value is -1.69. The van der Waals surface area contributed by atoms with Crippen LogP contribution in [0.3, 0.4) is 0 Å². The molecule has 0 spiro atoms. The summed E-state index contributed by atoms with van der Waals surface area (Å²) >= 11 is 0. The molecule has 0 bridgehead atoms. The van der Waals surface area contributed by atoms with Gasteiger partial charge >= 0.3 is 5.97 Å². The number of sulfone groups is 1. The molecule has 0 radical (unpaired) electrons. The van der Waals surface area contributed by atoms with Crippen LogP contribution in [-0.4, -0.2) is 30.0 Å². The Morgan fingerprint density at radius 1 is 1.16 bits per heavy atom. The molecule has 0 amide bonds. The first-order chi connectivity index (χ1) is 8.64. The highest BCUT2D eigenvalue weighted by atomic mass is 32.2. The molecule has 0 fully saturated rings. The van der Waals surface area contributed by atoms with E-state index >= 15 is 0 Å².